The van der Waals surface area contributed by atoms with Crippen molar-refractivity contribution in [1.29, 1.82) is 0 Å². The van der Waals surface area contributed by atoms with Gasteiger partial charge < -0.3 is 0 Å². The lowest BCUT2D eigenvalue weighted by atomic mass is 9.81. The molecule has 0 heterocycles. The summed E-state index contributed by atoms with van der Waals surface area (Å²) in [6.45, 7) is 3.43. The largest absolute Gasteiger partial charge is 0.349 e. The van der Waals surface area contributed by atoms with Crippen molar-refractivity contribution in [3.8, 4) is 0 Å². The summed E-state index contributed by atoms with van der Waals surface area (Å²) in [5, 5.41) is 0. The molecule has 1 aliphatic rings. The molecule has 232 valence electrons. The molecule has 2 aromatic carbocycles. The van der Waals surface area contributed by atoms with Gasteiger partial charge in [-0.05, 0) is 55.5 Å². The highest BCUT2D eigenvalue weighted by Gasteiger charge is 2.42. The van der Waals surface area contributed by atoms with E-state index in [1.807, 2.05) is 6.92 Å². The lowest BCUT2D eigenvalue weighted by molar-refractivity contribution is 0.0975. The summed E-state index contributed by atoms with van der Waals surface area (Å²) >= 11 is 0. The summed E-state index contributed by atoms with van der Waals surface area (Å²) in [6.07, 6.45) is 1.40. The van der Waals surface area contributed by atoms with Crippen molar-refractivity contribution in [2.45, 2.75) is 62.7 Å². The second kappa shape index (κ2) is 12.2. The smallest absolute Gasteiger partial charge is 0.289 e. The first kappa shape index (κ1) is 33.9. The number of aryl methyl sites for hydroxylation is 1. The Hall–Kier alpha value is -2.58. The molecule has 0 bridgehead atoms. The van der Waals surface area contributed by atoms with Crippen LogP contribution < -0.4 is 0 Å². The molecule has 0 saturated carbocycles. The highest BCUT2D eigenvalue weighted by atomic mass is 32.3. The Morgan fingerprint density at radius 2 is 1.17 bits per heavy atom. The number of unbranched alkanes of at least 4 members (excludes halogenated alkanes) is 1. The fourth-order valence-corrected chi connectivity index (χ4v) is 10.4. The van der Waals surface area contributed by atoms with Gasteiger partial charge in [0.15, 0.2) is 11.6 Å². The van der Waals surface area contributed by atoms with Crippen molar-refractivity contribution < 1.29 is 52.4 Å². The molecule has 0 aliphatic heterocycles. The third-order valence-corrected chi connectivity index (χ3v) is 13.3. The van der Waals surface area contributed by atoms with Crippen LogP contribution in [0.2, 0.25) is 0 Å². The highest BCUT2D eigenvalue weighted by molar-refractivity contribution is 8.02. The van der Waals surface area contributed by atoms with E-state index in [2.05, 4.69) is 0 Å². The van der Waals surface area contributed by atoms with Gasteiger partial charge in [-0.2, -0.15) is 16.8 Å². The van der Waals surface area contributed by atoms with Gasteiger partial charge in [-0.25, -0.2) is 16.8 Å². The second-order valence-corrected chi connectivity index (χ2v) is 16.2. The molecule has 0 atom stereocenters. The van der Waals surface area contributed by atoms with E-state index in [9.17, 15) is 52.4 Å². The molecule has 1 aliphatic carbocycles. The van der Waals surface area contributed by atoms with Gasteiger partial charge in [0.25, 0.3) is 20.0 Å². The summed E-state index contributed by atoms with van der Waals surface area (Å²) in [5.41, 5.74) is -1.61. The second-order valence-electron chi connectivity index (χ2n) is 9.40. The number of benzene rings is 2. The molecule has 14 nitrogen and oxygen atoms in total. The summed E-state index contributed by atoms with van der Waals surface area (Å²) in [5.74, 6) is -1.99. The van der Waals surface area contributed by atoms with Crippen molar-refractivity contribution in [3.05, 3.63) is 58.1 Å². The molecule has 2 aromatic rings. The van der Waals surface area contributed by atoms with E-state index < -0.39 is 86.2 Å². The van der Waals surface area contributed by atoms with Crippen LogP contribution in [-0.4, -0.2) is 74.9 Å². The standard InChI is InChI=1S/C24H30N2O12S4/c1-4-7-8-16-9-12-20(40(31,32)26(14-6-3)42(36,37)38)22-21(16)23(27)18-11-10-17(15-19(18)24(22)28)39(29,30)25(13-5-2)41(33,34)35/h9-12,15H,4-8,13-14H2,1-3H3,(H,33,34,35)(H,36,37,38). The highest BCUT2D eigenvalue weighted by Crippen LogP contribution is 2.37. The van der Waals surface area contributed by atoms with Crippen LogP contribution >= 0.6 is 0 Å². The van der Waals surface area contributed by atoms with Crippen LogP contribution in [0.4, 0.5) is 0 Å². The molecule has 2 N–H and O–H groups in total. The zero-order chi connectivity index (χ0) is 31.8. The topological polar surface area (TPSA) is 218 Å². The quantitative estimate of drug-likeness (QED) is 0.251. The van der Waals surface area contributed by atoms with E-state index in [-0.39, 0.29) is 37.8 Å². The van der Waals surface area contributed by atoms with Gasteiger partial charge in [0.2, 0.25) is 0 Å². The maximum Gasteiger partial charge on any atom is 0.349 e. The lowest BCUT2D eigenvalue weighted by Gasteiger charge is -2.26. The number of carbonyl (C=O) groups is 2. The van der Waals surface area contributed by atoms with Crippen molar-refractivity contribution >= 4 is 52.2 Å². The molecule has 42 heavy (non-hydrogen) atoms. The molecule has 0 saturated heterocycles. The van der Waals surface area contributed by atoms with Crippen molar-refractivity contribution in [1.82, 2.24) is 7.42 Å². The number of hydrogen-bond acceptors (Lipinski definition) is 10. The molecule has 0 aromatic heterocycles. The average molecular weight is 667 g/mol. The average Bonchev–Trinajstić information content (AvgIpc) is 2.89. The van der Waals surface area contributed by atoms with Gasteiger partial charge in [-0.1, -0.05) is 40.7 Å². The molecule has 0 radical (unpaired) electrons. The van der Waals surface area contributed by atoms with Crippen LogP contribution in [0.15, 0.2) is 40.1 Å². The summed E-state index contributed by atoms with van der Waals surface area (Å²) < 4.78 is 120. The monoisotopic (exact) mass is 666 g/mol. The summed E-state index contributed by atoms with van der Waals surface area (Å²) in [7, 11) is -20.7. The van der Waals surface area contributed by atoms with Crippen LogP contribution in [0.1, 0.15) is 83.9 Å². The number of hydrogen-bond donors (Lipinski definition) is 2. The maximum absolute atomic E-state index is 13.9. The van der Waals surface area contributed by atoms with E-state index >= 15 is 0 Å². The van der Waals surface area contributed by atoms with Crippen molar-refractivity contribution in [2.75, 3.05) is 13.1 Å². The molecular formula is C24H30N2O12S4. The number of fused-ring (bicyclic) bond motifs is 2. The Labute approximate surface area is 245 Å². The first-order valence-electron chi connectivity index (χ1n) is 12.8. The van der Waals surface area contributed by atoms with Crippen LogP contribution in [0.5, 0.6) is 0 Å². The lowest BCUT2D eigenvalue weighted by Crippen LogP contribution is -2.39. The van der Waals surface area contributed by atoms with Gasteiger partial charge in [0.05, 0.1) is 15.4 Å². The number of carbonyl (C=O) groups excluding carboxylic acids is 2. The van der Waals surface area contributed by atoms with Gasteiger partial charge in [0.1, 0.15) is 0 Å². The fourth-order valence-electron chi connectivity index (χ4n) is 4.55. The number of rotatable bonds is 13. The van der Waals surface area contributed by atoms with Gasteiger partial charge in [0, 0.05) is 29.8 Å². The third-order valence-electron chi connectivity index (χ3n) is 6.43. The molecule has 0 amide bonds. The van der Waals surface area contributed by atoms with Gasteiger partial charge in [-0.15, -0.1) is 0 Å². The van der Waals surface area contributed by atoms with Crippen LogP contribution in [-0.2, 0) is 47.1 Å². The van der Waals surface area contributed by atoms with Gasteiger partial charge in [-0.3, -0.25) is 18.7 Å². The Morgan fingerprint density at radius 1 is 0.643 bits per heavy atom. The van der Waals surface area contributed by atoms with Crippen LogP contribution in [0, 0.1) is 0 Å². The van der Waals surface area contributed by atoms with E-state index in [0.29, 0.717) is 24.5 Å². The van der Waals surface area contributed by atoms with Gasteiger partial charge >= 0.3 is 20.6 Å². The van der Waals surface area contributed by atoms with Crippen molar-refractivity contribution in [2.24, 2.45) is 0 Å². The molecule has 0 spiro atoms. The molecule has 3 rings (SSSR count). The Balaban J connectivity index is 2.37. The Bertz CT molecular complexity index is 1870. The molecule has 0 unspecified atom stereocenters. The number of ketones is 2. The third kappa shape index (κ3) is 6.21. The SMILES string of the molecule is CCCCc1ccc(S(=O)(=O)N(CCC)S(=O)(=O)O)c2c1C(=O)c1ccc(S(=O)(=O)N(CCC)S(=O)(=O)O)cc1C2=O. The maximum atomic E-state index is 13.9. The van der Waals surface area contributed by atoms with E-state index in [1.165, 1.54) is 19.9 Å². The summed E-state index contributed by atoms with van der Waals surface area (Å²) in [4.78, 5) is 26.0. The van der Waals surface area contributed by atoms with E-state index in [0.717, 1.165) is 18.2 Å². The fraction of sp³-hybridized carbons (Fsp3) is 0.417. The van der Waals surface area contributed by atoms with E-state index in [1.54, 1.807) is 0 Å². The Morgan fingerprint density at radius 3 is 1.67 bits per heavy atom. The minimum atomic E-state index is -5.35. The van der Waals surface area contributed by atoms with Crippen LogP contribution in [0.25, 0.3) is 0 Å². The van der Waals surface area contributed by atoms with E-state index in [4.69, 9.17) is 0 Å². The Kier molecular flexibility index (Phi) is 9.85. The van der Waals surface area contributed by atoms with Crippen LogP contribution in [0.3, 0.4) is 0 Å². The number of sulfonamides is 2. The normalized spacial score (nSPS) is 14.4. The van der Waals surface area contributed by atoms with Crippen molar-refractivity contribution in [3.63, 3.8) is 0 Å². The molecular weight excluding hydrogens is 637 g/mol. The first-order valence-corrected chi connectivity index (χ1v) is 18.4. The molecule has 0 fully saturated rings. The zero-order valence-corrected chi connectivity index (χ0v) is 26.1. The number of nitrogens with zero attached hydrogens (tertiary/aromatic N) is 2. The zero-order valence-electron chi connectivity index (χ0n) is 22.8. The molecule has 18 heteroatoms. The summed E-state index contributed by atoms with van der Waals surface area (Å²) in [6, 6.07) is 4.78. The first-order chi connectivity index (χ1) is 19.3. The predicted molar refractivity (Wildman–Crippen MR) is 150 cm³/mol. The minimum Gasteiger partial charge on any atom is -0.289 e. The predicted octanol–water partition coefficient (Wildman–Crippen LogP) is 2.21. The minimum absolute atomic E-state index is 0.0153.